The predicted octanol–water partition coefficient (Wildman–Crippen LogP) is 4.61. The first-order chi connectivity index (χ1) is 19.2. The zero-order chi connectivity index (χ0) is 29.7. The third kappa shape index (κ3) is 5.69. The van der Waals surface area contributed by atoms with E-state index in [4.69, 9.17) is 9.47 Å². The Morgan fingerprint density at radius 3 is 2.54 bits per heavy atom. The minimum Gasteiger partial charge on any atom is -0.488 e. The van der Waals surface area contributed by atoms with E-state index in [1.807, 2.05) is 6.92 Å². The largest absolute Gasteiger partial charge is 0.488 e. The van der Waals surface area contributed by atoms with Gasteiger partial charge in [-0.05, 0) is 58.9 Å². The van der Waals surface area contributed by atoms with Crippen LogP contribution in [0, 0.1) is 12.7 Å². The quantitative estimate of drug-likeness (QED) is 0.340. The molecule has 1 aromatic carbocycles. The van der Waals surface area contributed by atoms with Gasteiger partial charge in [-0.3, -0.25) is 9.55 Å². The average Bonchev–Trinajstić information content (AvgIpc) is 3.45. The van der Waals surface area contributed by atoms with Crippen LogP contribution in [0.4, 0.5) is 18.0 Å². The lowest BCUT2D eigenvalue weighted by molar-refractivity contribution is -0.000922. The van der Waals surface area contributed by atoms with Crippen molar-refractivity contribution in [2.45, 2.75) is 58.4 Å². The van der Waals surface area contributed by atoms with E-state index in [2.05, 4.69) is 20.3 Å². The van der Waals surface area contributed by atoms with E-state index in [1.54, 1.807) is 36.4 Å². The van der Waals surface area contributed by atoms with Crippen LogP contribution in [-0.4, -0.2) is 70.9 Å². The van der Waals surface area contributed by atoms with Gasteiger partial charge in [-0.25, -0.2) is 18.9 Å². The Bertz CT molecular complexity index is 1570. The molecular weight excluding hydrogens is 543 g/mol. The van der Waals surface area contributed by atoms with Crippen LogP contribution in [0.25, 0.3) is 22.3 Å². The van der Waals surface area contributed by atoms with Crippen LogP contribution in [0.1, 0.15) is 51.7 Å². The number of hydrogen-bond acceptors (Lipinski definition) is 8. The molecule has 1 saturated heterocycles. The van der Waals surface area contributed by atoms with Gasteiger partial charge in [-0.2, -0.15) is 8.78 Å². The van der Waals surface area contributed by atoms with Gasteiger partial charge < -0.3 is 19.5 Å². The van der Waals surface area contributed by atoms with Crippen molar-refractivity contribution in [3.63, 3.8) is 0 Å². The molecule has 0 spiro atoms. The van der Waals surface area contributed by atoms with Crippen LogP contribution in [0.3, 0.4) is 0 Å². The number of fused-ring (bicyclic) bond motifs is 1. The summed E-state index contributed by atoms with van der Waals surface area (Å²) in [4.78, 5) is 21.9. The van der Waals surface area contributed by atoms with Crippen molar-refractivity contribution in [2.75, 3.05) is 19.7 Å². The van der Waals surface area contributed by atoms with Crippen molar-refractivity contribution in [1.29, 1.82) is 0 Å². The van der Waals surface area contributed by atoms with Gasteiger partial charge in [-0.15, -0.1) is 5.10 Å². The minimum atomic E-state index is -2.89. The number of carbonyl (C=O) groups excluding carboxylic acids is 1. The lowest BCUT2D eigenvalue weighted by atomic mass is 10.0. The average molecular weight is 574 g/mol. The SMILES string of the molecule is Cc1c(-c2cc(OCC(C)(O)c3ccc(F)cn3)c3c(c2)ncn3C(F)F)nnn1C1CN(C(=O)OC(C)(C)C)C1. The van der Waals surface area contributed by atoms with Crippen molar-refractivity contribution in [2.24, 2.45) is 0 Å². The molecule has 4 aromatic rings. The standard InChI is InChI=1S/C27H30F3N7O4/c1-15-22(33-34-37(15)18-11-35(12-18)25(38)41-26(2,3)4)16-8-19-23(36(14-32-19)24(29)30)20(9-16)40-13-27(5,39)21-7-6-17(28)10-31-21/h6-10,14,18,24,39H,11-13H2,1-5H3. The molecule has 0 saturated carbocycles. The van der Waals surface area contributed by atoms with Gasteiger partial charge in [0, 0.05) is 18.7 Å². The topological polar surface area (TPSA) is 120 Å². The maximum atomic E-state index is 13.8. The molecule has 3 aromatic heterocycles. The Morgan fingerprint density at radius 1 is 1.17 bits per heavy atom. The minimum absolute atomic E-state index is 0.0312. The van der Waals surface area contributed by atoms with Gasteiger partial charge in [-0.1, -0.05) is 5.21 Å². The van der Waals surface area contributed by atoms with E-state index in [9.17, 15) is 23.1 Å². The number of hydrogen-bond donors (Lipinski definition) is 1. The number of alkyl halides is 2. The molecule has 1 unspecified atom stereocenters. The molecule has 0 aliphatic carbocycles. The van der Waals surface area contributed by atoms with Crippen molar-refractivity contribution >= 4 is 17.1 Å². The van der Waals surface area contributed by atoms with Gasteiger partial charge in [0.05, 0.1) is 29.1 Å². The van der Waals surface area contributed by atoms with E-state index in [0.29, 0.717) is 34.6 Å². The number of aliphatic hydroxyl groups is 1. The summed E-state index contributed by atoms with van der Waals surface area (Å²) in [5.41, 5.74) is -0.167. The molecule has 1 atom stereocenters. The van der Waals surface area contributed by atoms with E-state index >= 15 is 0 Å². The maximum absolute atomic E-state index is 13.8. The fraction of sp³-hybridized carbons (Fsp3) is 0.444. The Morgan fingerprint density at radius 2 is 1.90 bits per heavy atom. The second kappa shape index (κ2) is 10.3. The fourth-order valence-electron chi connectivity index (χ4n) is 4.55. The number of nitrogens with zero attached hydrogens (tertiary/aromatic N) is 7. The highest BCUT2D eigenvalue weighted by Crippen LogP contribution is 2.36. The van der Waals surface area contributed by atoms with Crippen LogP contribution in [-0.2, 0) is 10.3 Å². The first-order valence-corrected chi connectivity index (χ1v) is 12.9. The smallest absolute Gasteiger partial charge is 0.410 e. The van der Waals surface area contributed by atoms with Crippen LogP contribution in [0.5, 0.6) is 5.75 Å². The Hall–Kier alpha value is -4.20. The van der Waals surface area contributed by atoms with E-state index in [0.717, 1.165) is 18.6 Å². The second-order valence-electron chi connectivity index (χ2n) is 11.2. The predicted molar refractivity (Wildman–Crippen MR) is 141 cm³/mol. The summed E-state index contributed by atoms with van der Waals surface area (Å²) < 4.78 is 54.6. The molecule has 5 rings (SSSR count). The molecule has 41 heavy (non-hydrogen) atoms. The molecule has 11 nitrogen and oxygen atoms in total. The molecule has 4 heterocycles. The second-order valence-corrected chi connectivity index (χ2v) is 11.2. The summed E-state index contributed by atoms with van der Waals surface area (Å²) >= 11 is 0. The molecule has 0 radical (unpaired) electrons. The number of amides is 1. The number of aromatic nitrogens is 6. The molecule has 0 bridgehead atoms. The molecule has 1 N–H and O–H groups in total. The number of carbonyl (C=O) groups is 1. The van der Waals surface area contributed by atoms with Gasteiger partial charge >= 0.3 is 12.6 Å². The number of pyridine rings is 1. The summed E-state index contributed by atoms with van der Waals surface area (Å²) in [7, 11) is 0. The van der Waals surface area contributed by atoms with Gasteiger partial charge in [0.2, 0.25) is 0 Å². The van der Waals surface area contributed by atoms with Crippen LogP contribution in [0.15, 0.2) is 36.8 Å². The first kappa shape index (κ1) is 28.3. The molecule has 1 aliphatic rings. The van der Waals surface area contributed by atoms with Crippen molar-refractivity contribution < 1.29 is 32.5 Å². The molecule has 14 heteroatoms. The van der Waals surface area contributed by atoms with Gasteiger partial charge in [0.25, 0.3) is 0 Å². The van der Waals surface area contributed by atoms with Crippen LogP contribution in [0.2, 0.25) is 0 Å². The van der Waals surface area contributed by atoms with Crippen LogP contribution >= 0.6 is 0 Å². The van der Waals surface area contributed by atoms with Crippen LogP contribution < -0.4 is 4.74 Å². The normalized spacial score (nSPS) is 15.7. The molecule has 218 valence electrons. The zero-order valence-corrected chi connectivity index (χ0v) is 23.2. The zero-order valence-electron chi connectivity index (χ0n) is 23.2. The maximum Gasteiger partial charge on any atom is 0.410 e. The highest BCUT2D eigenvalue weighted by molar-refractivity contribution is 5.87. The molecule has 1 aliphatic heterocycles. The number of imidazole rings is 1. The first-order valence-electron chi connectivity index (χ1n) is 12.9. The van der Waals surface area contributed by atoms with E-state index in [-0.39, 0.29) is 35.1 Å². The third-order valence-corrected chi connectivity index (χ3v) is 6.69. The summed E-state index contributed by atoms with van der Waals surface area (Å²) in [5, 5.41) is 19.5. The van der Waals surface area contributed by atoms with E-state index in [1.165, 1.54) is 19.1 Å². The molecule has 1 fully saturated rings. The molecular formula is C27H30F3N7O4. The van der Waals surface area contributed by atoms with Crippen molar-refractivity contribution in [3.8, 4) is 17.0 Å². The third-order valence-electron chi connectivity index (χ3n) is 6.69. The lowest BCUT2D eigenvalue weighted by Crippen LogP contribution is -2.52. The summed E-state index contributed by atoms with van der Waals surface area (Å²) in [6.07, 6.45) is 1.57. The monoisotopic (exact) mass is 573 g/mol. The number of rotatable bonds is 7. The highest BCUT2D eigenvalue weighted by atomic mass is 19.3. The molecule has 1 amide bonds. The Labute approximate surface area is 233 Å². The lowest BCUT2D eigenvalue weighted by Gasteiger charge is -2.39. The Kier molecular flexibility index (Phi) is 7.14. The van der Waals surface area contributed by atoms with E-state index < -0.39 is 29.7 Å². The number of ether oxygens (including phenoxy) is 2. The van der Waals surface area contributed by atoms with Gasteiger partial charge in [0.1, 0.15) is 46.9 Å². The fourth-order valence-corrected chi connectivity index (χ4v) is 4.55. The summed E-state index contributed by atoms with van der Waals surface area (Å²) in [6, 6.07) is 5.50. The van der Waals surface area contributed by atoms with Crippen molar-refractivity contribution in [3.05, 3.63) is 54.0 Å². The summed E-state index contributed by atoms with van der Waals surface area (Å²) in [6.45, 7) is 6.19. The van der Waals surface area contributed by atoms with Crippen molar-refractivity contribution in [1.82, 2.24) is 34.4 Å². The van der Waals surface area contributed by atoms with Gasteiger partial charge in [0.15, 0.2) is 0 Å². The summed E-state index contributed by atoms with van der Waals surface area (Å²) in [5.74, 6) is -0.532. The highest BCUT2D eigenvalue weighted by Gasteiger charge is 2.36. The number of halogens is 3. The Balaban J connectivity index is 1.42. The number of benzene rings is 1. The number of likely N-dealkylation sites (tertiary alicyclic amines) is 1.